The minimum Gasteiger partial charge on any atom is -0.324 e. The minimum absolute atomic E-state index is 0.129. The number of hydrogen-bond acceptors (Lipinski definition) is 5. The van der Waals surface area contributed by atoms with Crippen LogP contribution in [0.3, 0.4) is 0 Å². The Hall–Kier alpha value is -2.39. The Morgan fingerprint density at radius 1 is 1.03 bits per heavy atom. The van der Waals surface area contributed by atoms with Gasteiger partial charge in [-0.3, -0.25) is 14.3 Å². The third kappa shape index (κ3) is 5.27. The molecule has 0 aliphatic carbocycles. The zero-order valence-corrected chi connectivity index (χ0v) is 19.7. The number of halogens is 3. The summed E-state index contributed by atoms with van der Waals surface area (Å²) >= 11 is 16.8. The molecule has 4 rings (SSSR count). The van der Waals surface area contributed by atoms with Gasteiger partial charge in [0.1, 0.15) is 0 Å². The third-order valence-electron chi connectivity index (χ3n) is 4.19. The Morgan fingerprint density at radius 2 is 1.77 bits per heavy atom. The molecule has 0 radical (unpaired) electrons. The summed E-state index contributed by atoms with van der Waals surface area (Å²) in [6.07, 6.45) is 3.40. The van der Waals surface area contributed by atoms with E-state index in [4.69, 9.17) is 23.2 Å². The second-order valence-electron chi connectivity index (χ2n) is 6.31. The van der Waals surface area contributed by atoms with Crippen molar-refractivity contribution in [1.29, 1.82) is 0 Å². The van der Waals surface area contributed by atoms with Crippen LogP contribution in [0.1, 0.15) is 0 Å². The van der Waals surface area contributed by atoms with Crippen molar-refractivity contribution in [2.75, 3.05) is 11.1 Å². The molecule has 2 heterocycles. The number of nitrogens with one attached hydrogen (secondary N) is 1. The molecule has 0 bridgehead atoms. The number of rotatable bonds is 6. The van der Waals surface area contributed by atoms with Gasteiger partial charge in [-0.1, -0.05) is 50.9 Å². The van der Waals surface area contributed by atoms with Gasteiger partial charge in [0.25, 0.3) is 0 Å². The number of aromatic nitrogens is 4. The van der Waals surface area contributed by atoms with Crippen molar-refractivity contribution in [3.05, 3.63) is 81.5 Å². The molecular formula is C21H14BrCl2N5OS. The molecular weight excluding hydrogens is 521 g/mol. The second kappa shape index (κ2) is 9.82. The molecule has 10 heteroatoms. The molecule has 0 saturated carbocycles. The fraction of sp³-hybridized carbons (Fsp3) is 0.0476. The number of thioether (sulfide) groups is 1. The Balaban J connectivity index is 1.58. The summed E-state index contributed by atoms with van der Waals surface area (Å²) in [5.41, 5.74) is 2.25. The predicted molar refractivity (Wildman–Crippen MR) is 128 cm³/mol. The lowest BCUT2D eigenvalue weighted by molar-refractivity contribution is -0.113. The Bertz CT molecular complexity index is 1220. The Kier molecular flexibility index (Phi) is 6.92. The van der Waals surface area contributed by atoms with E-state index in [0.29, 0.717) is 26.7 Å². The van der Waals surface area contributed by atoms with Crippen molar-refractivity contribution in [2.45, 2.75) is 5.16 Å². The first-order valence-electron chi connectivity index (χ1n) is 9.01. The third-order valence-corrected chi connectivity index (χ3v) is 6.20. The molecule has 4 aromatic rings. The van der Waals surface area contributed by atoms with Crippen LogP contribution in [0.15, 0.2) is 76.6 Å². The number of hydrogen-bond donors (Lipinski definition) is 1. The molecule has 1 N–H and O–H groups in total. The van der Waals surface area contributed by atoms with Crippen LogP contribution in [0.2, 0.25) is 10.0 Å². The standard InChI is InChI=1S/C21H14BrCl2N5OS/c22-14-1-4-16(5-2-14)29-20(13-7-9-25-10-8-13)27-28-21(29)31-12-19(30)26-18-6-3-15(23)11-17(18)24/h1-11H,12H2,(H,26,30). The number of amides is 1. The van der Waals surface area contributed by atoms with E-state index < -0.39 is 0 Å². The molecule has 0 saturated heterocycles. The van der Waals surface area contributed by atoms with Crippen LogP contribution in [0.25, 0.3) is 17.1 Å². The van der Waals surface area contributed by atoms with Crippen molar-refractivity contribution >= 4 is 62.5 Å². The maximum Gasteiger partial charge on any atom is 0.234 e. The van der Waals surface area contributed by atoms with Crippen molar-refractivity contribution in [3.8, 4) is 17.1 Å². The second-order valence-corrected chi connectivity index (χ2v) is 9.02. The lowest BCUT2D eigenvalue weighted by Crippen LogP contribution is -2.15. The van der Waals surface area contributed by atoms with Gasteiger partial charge in [0, 0.05) is 33.1 Å². The van der Waals surface area contributed by atoms with E-state index in [-0.39, 0.29) is 11.7 Å². The zero-order chi connectivity index (χ0) is 21.8. The lowest BCUT2D eigenvalue weighted by Gasteiger charge is -2.11. The van der Waals surface area contributed by atoms with Gasteiger partial charge in [-0.15, -0.1) is 10.2 Å². The van der Waals surface area contributed by atoms with E-state index in [0.717, 1.165) is 15.7 Å². The topological polar surface area (TPSA) is 72.7 Å². The summed E-state index contributed by atoms with van der Waals surface area (Å²) in [6, 6.07) is 16.4. The molecule has 31 heavy (non-hydrogen) atoms. The lowest BCUT2D eigenvalue weighted by atomic mass is 10.2. The average molecular weight is 535 g/mol. The quantitative estimate of drug-likeness (QED) is 0.301. The SMILES string of the molecule is O=C(CSc1nnc(-c2ccncc2)n1-c1ccc(Br)cc1)Nc1ccc(Cl)cc1Cl. The summed E-state index contributed by atoms with van der Waals surface area (Å²) in [5, 5.41) is 12.9. The molecule has 0 aliphatic heterocycles. The first-order chi connectivity index (χ1) is 15.0. The summed E-state index contributed by atoms with van der Waals surface area (Å²) in [5.74, 6) is 0.572. The van der Waals surface area contributed by atoms with E-state index in [2.05, 4.69) is 36.4 Å². The van der Waals surface area contributed by atoms with Crippen molar-refractivity contribution in [1.82, 2.24) is 19.7 Å². The van der Waals surface area contributed by atoms with Crippen molar-refractivity contribution in [3.63, 3.8) is 0 Å². The molecule has 6 nitrogen and oxygen atoms in total. The number of carbonyl (C=O) groups excluding carboxylic acids is 1. The average Bonchev–Trinajstić information content (AvgIpc) is 3.19. The van der Waals surface area contributed by atoms with Crippen LogP contribution in [-0.2, 0) is 4.79 Å². The smallest absolute Gasteiger partial charge is 0.234 e. The Labute approximate surface area is 201 Å². The maximum absolute atomic E-state index is 12.5. The summed E-state index contributed by atoms with van der Waals surface area (Å²) in [6.45, 7) is 0. The first-order valence-corrected chi connectivity index (χ1v) is 11.5. The van der Waals surface area contributed by atoms with Crippen LogP contribution >= 0.6 is 50.9 Å². The van der Waals surface area contributed by atoms with Gasteiger partial charge in [-0.05, 0) is 54.6 Å². The predicted octanol–water partition coefficient (Wildman–Crippen LogP) is 6.13. The highest BCUT2D eigenvalue weighted by atomic mass is 79.9. The van der Waals surface area contributed by atoms with E-state index >= 15 is 0 Å². The van der Waals surface area contributed by atoms with Crippen LogP contribution < -0.4 is 5.32 Å². The molecule has 2 aromatic heterocycles. The van der Waals surface area contributed by atoms with E-state index in [1.807, 2.05) is 41.0 Å². The van der Waals surface area contributed by atoms with Crippen LogP contribution in [-0.4, -0.2) is 31.4 Å². The van der Waals surface area contributed by atoms with Crippen molar-refractivity contribution < 1.29 is 4.79 Å². The summed E-state index contributed by atoms with van der Waals surface area (Å²) < 4.78 is 2.87. The zero-order valence-electron chi connectivity index (χ0n) is 15.8. The summed E-state index contributed by atoms with van der Waals surface area (Å²) in [7, 11) is 0. The highest BCUT2D eigenvalue weighted by Gasteiger charge is 2.17. The fourth-order valence-corrected chi connectivity index (χ4v) is 4.25. The molecule has 2 aromatic carbocycles. The molecule has 0 fully saturated rings. The molecule has 0 atom stereocenters. The monoisotopic (exact) mass is 533 g/mol. The van der Waals surface area contributed by atoms with Gasteiger partial charge in [-0.2, -0.15) is 0 Å². The van der Waals surface area contributed by atoms with Crippen LogP contribution in [0, 0.1) is 0 Å². The van der Waals surface area contributed by atoms with E-state index in [9.17, 15) is 4.79 Å². The van der Waals surface area contributed by atoms with Gasteiger partial charge >= 0.3 is 0 Å². The number of nitrogens with zero attached hydrogens (tertiary/aromatic N) is 4. The molecule has 156 valence electrons. The normalized spacial score (nSPS) is 10.8. The maximum atomic E-state index is 12.5. The minimum atomic E-state index is -0.218. The highest BCUT2D eigenvalue weighted by Crippen LogP contribution is 2.29. The molecule has 0 spiro atoms. The van der Waals surface area contributed by atoms with Crippen LogP contribution in [0.4, 0.5) is 5.69 Å². The van der Waals surface area contributed by atoms with Gasteiger partial charge in [-0.25, -0.2) is 0 Å². The van der Waals surface area contributed by atoms with Gasteiger partial charge in [0.15, 0.2) is 11.0 Å². The largest absolute Gasteiger partial charge is 0.324 e. The number of pyridine rings is 1. The van der Waals surface area contributed by atoms with Gasteiger partial charge in [0.05, 0.1) is 16.5 Å². The molecule has 0 aliphatic rings. The molecule has 1 amide bonds. The summed E-state index contributed by atoms with van der Waals surface area (Å²) in [4.78, 5) is 16.6. The first kappa shape index (κ1) is 21.8. The number of carbonyl (C=O) groups is 1. The van der Waals surface area contributed by atoms with E-state index in [1.165, 1.54) is 11.8 Å². The van der Waals surface area contributed by atoms with Crippen molar-refractivity contribution in [2.24, 2.45) is 0 Å². The Morgan fingerprint density at radius 3 is 2.48 bits per heavy atom. The fourth-order valence-electron chi connectivity index (χ4n) is 2.78. The highest BCUT2D eigenvalue weighted by molar-refractivity contribution is 9.10. The van der Waals surface area contributed by atoms with Gasteiger partial charge in [0.2, 0.25) is 5.91 Å². The number of anilines is 1. The van der Waals surface area contributed by atoms with E-state index in [1.54, 1.807) is 30.6 Å². The van der Waals surface area contributed by atoms with Gasteiger partial charge < -0.3 is 5.32 Å². The molecule has 0 unspecified atom stereocenters. The van der Waals surface area contributed by atoms with Crippen LogP contribution in [0.5, 0.6) is 0 Å². The number of benzene rings is 2.